The van der Waals surface area contributed by atoms with E-state index >= 15 is 0 Å². The van der Waals surface area contributed by atoms with E-state index in [9.17, 15) is 0 Å². The molecule has 0 spiro atoms. The summed E-state index contributed by atoms with van der Waals surface area (Å²) in [4.78, 5) is 9.16. The lowest BCUT2D eigenvalue weighted by molar-refractivity contribution is 1.02. The molecule has 7 heteroatoms. The van der Waals surface area contributed by atoms with E-state index in [1.165, 1.54) is 18.0 Å². The Labute approximate surface area is 131 Å². The Kier molecular flexibility index (Phi) is 4.77. The molecule has 2 aromatic rings. The van der Waals surface area contributed by atoms with Crippen LogP contribution in [-0.2, 0) is 0 Å². The zero-order chi connectivity index (χ0) is 12.4. The predicted molar refractivity (Wildman–Crippen MR) is 80.3 cm³/mol. The minimum atomic E-state index is 0.371. The number of nitrogens with zero attached hydrogens (tertiary/aromatic N) is 2. The van der Waals surface area contributed by atoms with Gasteiger partial charge in [-0.15, -0.1) is 0 Å². The fraction of sp³-hybridized carbons (Fsp3) is 0. The van der Waals surface area contributed by atoms with E-state index in [-0.39, 0.29) is 0 Å². The molecule has 0 saturated heterocycles. The van der Waals surface area contributed by atoms with Crippen molar-refractivity contribution in [2.45, 2.75) is 9.92 Å². The minimum absolute atomic E-state index is 0.371. The van der Waals surface area contributed by atoms with Crippen LogP contribution in [0.1, 0.15) is 0 Å². The van der Waals surface area contributed by atoms with Gasteiger partial charge in [0.05, 0.1) is 16.2 Å². The van der Waals surface area contributed by atoms with Crippen molar-refractivity contribution in [3.8, 4) is 0 Å². The molecule has 88 valence electrons. The van der Waals surface area contributed by atoms with Crippen molar-refractivity contribution in [1.82, 2.24) is 9.97 Å². The Balaban J connectivity index is 2.35. The lowest BCUT2D eigenvalue weighted by Crippen LogP contribution is -1.90. The van der Waals surface area contributed by atoms with Gasteiger partial charge in [0.2, 0.25) is 0 Å². The van der Waals surface area contributed by atoms with E-state index in [1.54, 1.807) is 6.07 Å². The fourth-order valence-corrected chi connectivity index (χ4v) is 3.34. The molecule has 0 amide bonds. The van der Waals surface area contributed by atoms with Gasteiger partial charge in [0.15, 0.2) is 0 Å². The maximum absolute atomic E-state index is 6.10. The van der Waals surface area contributed by atoms with Gasteiger partial charge in [-0.1, -0.05) is 52.6 Å². The average Bonchev–Trinajstić information content (AvgIpc) is 2.28. The van der Waals surface area contributed by atoms with Gasteiger partial charge in [-0.2, -0.15) is 0 Å². The molecule has 2 rings (SSSR count). The molecule has 0 unspecified atom stereocenters. The van der Waals surface area contributed by atoms with Gasteiger partial charge in [-0.3, -0.25) is 0 Å². The maximum atomic E-state index is 6.10. The molecule has 0 aliphatic rings. The molecule has 0 N–H and O–H groups in total. The van der Waals surface area contributed by atoms with E-state index in [0.717, 1.165) is 13.6 Å². The zero-order valence-corrected chi connectivity index (χ0v) is 13.4. The Morgan fingerprint density at radius 1 is 1.18 bits per heavy atom. The van der Waals surface area contributed by atoms with Crippen LogP contribution < -0.4 is 0 Å². The van der Waals surface area contributed by atoms with Gasteiger partial charge >= 0.3 is 0 Å². The summed E-state index contributed by atoms with van der Waals surface area (Å²) in [5, 5.41) is 2.16. The highest BCUT2D eigenvalue weighted by molar-refractivity contribution is 14.1. The molecule has 2 nitrogen and oxygen atoms in total. The highest BCUT2D eigenvalue weighted by Gasteiger charge is 2.10. The van der Waals surface area contributed by atoms with Crippen molar-refractivity contribution in [2.75, 3.05) is 0 Å². The van der Waals surface area contributed by atoms with Crippen LogP contribution in [0.25, 0.3) is 0 Å². The average molecular weight is 417 g/mol. The second-order valence-corrected chi connectivity index (χ2v) is 6.17. The molecule has 17 heavy (non-hydrogen) atoms. The van der Waals surface area contributed by atoms with Gasteiger partial charge < -0.3 is 0 Å². The van der Waals surface area contributed by atoms with Crippen LogP contribution in [0.4, 0.5) is 0 Å². The first-order chi connectivity index (χ1) is 8.08. The monoisotopic (exact) mass is 416 g/mol. The fourth-order valence-electron chi connectivity index (χ4n) is 1.07. The first-order valence-electron chi connectivity index (χ1n) is 4.38. The van der Waals surface area contributed by atoms with Gasteiger partial charge in [0.25, 0.3) is 0 Å². The van der Waals surface area contributed by atoms with Gasteiger partial charge in [0, 0.05) is 4.90 Å². The van der Waals surface area contributed by atoms with Gasteiger partial charge in [-0.05, 0) is 34.7 Å². The molecule has 0 saturated carbocycles. The van der Waals surface area contributed by atoms with Crippen molar-refractivity contribution in [2.24, 2.45) is 0 Å². The van der Waals surface area contributed by atoms with Crippen LogP contribution in [0.2, 0.25) is 15.2 Å². The highest BCUT2D eigenvalue weighted by Crippen LogP contribution is 2.37. The second-order valence-electron chi connectivity index (χ2n) is 2.94. The van der Waals surface area contributed by atoms with E-state index in [1.807, 2.05) is 12.1 Å². The Morgan fingerprint density at radius 2 is 1.94 bits per heavy atom. The van der Waals surface area contributed by atoms with Crippen LogP contribution >= 0.6 is 69.2 Å². The van der Waals surface area contributed by atoms with Gasteiger partial charge in [0.1, 0.15) is 13.9 Å². The summed E-state index contributed by atoms with van der Waals surface area (Å²) in [6.07, 6.45) is 1.50. The predicted octanol–water partition coefficient (Wildman–Crippen LogP) is 5.19. The molecule has 0 fully saturated rings. The summed E-state index contributed by atoms with van der Waals surface area (Å²) in [7, 11) is 0. The third kappa shape index (κ3) is 3.38. The number of rotatable bonds is 2. The summed E-state index contributed by atoms with van der Waals surface area (Å²) in [5.41, 5.74) is 0. The molecule has 0 bridgehead atoms. The zero-order valence-electron chi connectivity index (χ0n) is 8.12. The number of halogens is 4. The molecule has 1 aromatic heterocycles. The van der Waals surface area contributed by atoms with Crippen molar-refractivity contribution in [3.05, 3.63) is 43.3 Å². The SMILES string of the molecule is Clc1cnc(Sc2cccc(Cl)c2Cl)c(I)n1. The lowest BCUT2D eigenvalue weighted by atomic mass is 10.4. The maximum Gasteiger partial charge on any atom is 0.148 e. The largest absolute Gasteiger partial charge is 0.244 e. The third-order valence-corrected chi connectivity index (χ3v) is 5.08. The van der Waals surface area contributed by atoms with Crippen LogP contribution in [0.3, 0.4) is 0 Å². The molecule has 0 atom stereocenters. The van der Waals surface area contributed by atoms with Crippen molar-refractivity contribution in [1.29, 1.82) is 0 Å². The van der Waals surface area contributed by atoms with E-state index in [2.05, 4.69) is 32.6 Å². The van der Waals surface area contributed by atoms with Crippen molar-refractivity contribution >= 4 is 69.2 Å². The molecule has 1 heterocycles. The molecular formula is C10H4Cl3IN2S. The number of aromatic nitrogens is 2. The van der Waals surface area contributed by atoms with Crippen molar-refractivity contribution < 1.29 is 0 Å². The van der Waals surface area contributed by atoms with Crippen LogP contribution in [-0.4, -0.2) is 9.97 Å². The molecule has 0 aliphatic heterocycles. The smallest absolute Gasteiger partial charge is 0.148 e. The summed E-state index contributed by atoms with van der Waals surface area (Å²) in [6, 6.07) is 5.46. The van der Waals surface area contributed by atoms with Crippen LogP contribution in [0.5, 0.6) is 0 Å². The van der Waals surface area contributed by atoms with Crippen molar-refractivity contribution in [3.63, 3.8) is 0 Å². The summed E-state index contributed by atoms with van der Waals surface area (Å²) < 4.78 is 0.733. The van der Waals surface area contributed by atoms with Gasteiger partial charge in [-0.25, -0.2) is 9.97 Å². The standard InChI is InChI=1S/C10H4Cl3IN2S/c11-5-2-1-3-6(8(5)13)17-10-9(14)16-7(12)4-15-10/h1-4H. The molecule has 0 aliphatic carbocycles. The molecule has 1 aromatic carbocycles. The van der Waals surface area contributed by atoms with E-state index in [0.29, 0.717) is 15.2 Å². The van der Waals surface area contributed by atoms with Crippen LogP contribution in [0.15, 0.2) is 34.3 Å². The van der Waals surface area contributed by atoms with Crippen LogP contribution in [0, 0.1) is 3.70 Å². The normalized spacial score (nSPS) is 10.6. The Morgan fingerprint density at radius 3 is 2.65 bits per heavy atom. The second kappa shape index (κ2) is 5.93. The summed E-state index contributed by atoms with van der Waals surface area (Å²) in [6.45, 7) is 0. The summed E-state index contributed by atoms with van der Waals surface area (Å²) in [5.74, 6) is 0. The molecular weight excluding hydrogens is 413 g/mol. The van der Waals surface area contributed by atoms with E-state index < -0.39 is 0 Å². The topological polar surface area (TPSA) is 25.8 Å². The first kappa shape index (κ1) is 13.7. The number of hydrogen-bond acceptors (Lipinski definition) is 3. The first-order valence-corrected chi connectivity index (χ1v) is 7.41. The minimum Gasteiger partial charge on any atom is -0.244 e. The number of hydrogen-bond donors (Lipinski definition) is 0. The van der Waals surface area contributed by atoms with E-state index in [4.69, 9.17) is 34.8 Å². The number of benzene rings is 1. The lowest BCUT2D eigenvalue weighted by Gasteiger charge is -2.05. The Hall–Kier alpha value is 0.250. The highest BCUT2D eigenvalue weighted by atomic mass is 127. The quantitative estimate of drug-likeness (QED) is 0.629. The molecule has 0 radical (unpaired) electrons. The third-order valence-electron chi connectivity index (χ3n) is 1.79. The summed E-state index contributed by atoms with van der Waals surface area (Å²) >= 11 is 21.3. The Bertz CT molecular complexity index is 565.